The Bertz CT molecular complexity index is 1370. The van der Waals surface area contributed by atoms with Gasteiger partial charge in [-0.15, -0.1) is 13.2 Å². The van der Waals surface area contributed by atoms with Crippen LogP contribution in [0.25, 0.3) is 10.9 Å². The van der Waals surface area contributed by atoms with Gasteiger partial charge in [-0.1, -0.05) is 12.1 Å². The molecule has 0 saturated heterocycles. The average Bonchev–Trinajstić information content (AvgIpc) is 3.43. The molecule has 0 fully saturated rings. The second-order valence-electron chi connectivity index (χ2n) is 7.29. The number of hydrogen-bond donors (Lipinski definition) is 2. The van der Waals surface area contributed by atoms with E-state index in [4.69, 9.17) is 14.2 Å². The summed E-state index contributed by atoms with van der Waals surface area (Å²) in [7, 11) is 0. The molecule has 5 rings (SSSR count). The van der Waals surface area contributed by atoms with Crippen molar-refractivity contribution in [3.8, 4) is 23.0 Å². The Kier molecular flexibility index (Phi) is 5.36. The van der Waals surface area contributed by atoms with Crippen LogP contribution in [0.2, 0.25) is 0 Å². The van der Waals surface area contributed by atoms with E-state index >= 15 is 0 Å². The predicted molar refractivity (Wildman–Crippen MR) is 114 cm³/mol. The summed E-state index contributed by atoms with van der Waals surface area (Å²) in [5.41, 5.74) is 1.52. The lowest BCUT2D eigenvalue weighted by atomic mass is 10.2. The van der Waals surface area contributed by atoms with Gasteiger partial charge in [-0.25, -0.2) is 0 Å². The normalized spacial score (nSPS) is 12.6. The number of carbonyl (C=O) groups excluding carboxylic acids is 1. The number of anilines is 1. The van der Waals surface area contributed by atoms with E-state index in [1.54, 1.807) is 42.5 Å². The number of H-pyrrole nitrogens is 1. The first-order valence-corrected chi connectivity index (χ1v) is 10.0. The minimum atomic E-state index is -4.77. The molecule has 34 heavy (non-hydrogen) atoms. The van der Waals surface area contributed by atoms with Crippen molar-refractivity contribution < 1.29 is 36.9 Å². The summed E-state index contributed by atoms with van der Waals surface area (Å²) >= 11 is 0. The molecule has 174 valence electrons. The first-order valence-electron chi connectivity index (χ1n) is 10.0. The molecule has 0 unspecified atom stereocenters. The van der Waals surface area contributed by atoms with Gasteiger partial charge < -0.3 is 24.3 Å². The largest absolute Gasteiger partial charge is 0.573 e. The van der Waals surface area contributed by atoms with Crippen LogP contribution in [0.3, 0.4) is 0 Å². The van der Waals surface area contributed by atoms with Gasteiger partial charge in [-0.05, 0) is 54.1 Å². The molecule has 11 heteroatoms. The SMILES string of the molecule is O=C(Nc1n[nH]c2ccc(OCc3cccc(OC(F)(F)F)c3)cc12)c1ccc2c(c1)OCO2. The summed E-state index contributed by atoms with van der Waals surface area (Å²) in [5.74, 6) is 1.07. The van der Waals surface area contributed by atoms with E-state index in [0.29, 0.717) is 45.1 Å². The Balaban J connectivity index is 1.29. The number of alkyl halides is 3. The highest BCUT2D eigenvalue weighted by Crippen LogP contribution is 2.33. The van der Waals surface area contributed by atoms with E-state index in [2.05, 4.69) is 20.3 Å². The highest BCUT2D eigenvalue weighted by atomic mass is 19.4. The van der Waals surface area contributed by atoms with Gasteiger partial charge in [0.05, 0.1) is 5.52 Å². The number of amides is 1. The molecular formula is C23H16F3N3O5. The lowest BCUT2D eigenvalue weighted by molar-refractivity contribution is -0.274. The first kappa shape index (κ1) is 21.4. The van der Waals surface area contributed by atoms with Crippen LogP contribution in [-0.4, -0.2) is 29.3 Å². The zero-order chi connectivity index (χ0) is 23.7. The monoisotopic (exact) mass is 471 g/mol. The number of aromatic nitrogens is 2. The fraction of sp³-hybridized carbons (Fsp3) is 0.130. The van der Waals surface area contributed by atoms with Crippen molar-refractivity contribution in [2.75, 3.05) is 12.1 Å². The van der Waals surface area contributed by atoms with Gasteiger partial charge in [-0.3, -0.25) is 9.89 Å². The van der Waals surface area contributed by atoms with Gasteiger partial charge in [-0.2, -0.15) is 5.10 Å². The maximum atomic E-state index is 12.7. The zero-order valence-corrected chi connectivity index (χ0v) is 17.3. The maximum Gasteiger partial charge on any atom is 0.573 e. The molecule has 0 saturated carbocycles. The number of ether oxygens (including phenoxy) is 4. The highest BCUT2D eigenvalue weighted by Gasteiger charge is 2.31. The first-order chi connectivity index (χ1) is 16.3. The number of halogens is 3. The van der Waals surface area contributed by atoms with Gasteiger partial charge in [0, 0.05) is 10.9 Å². The van der Waals surface area contributed by atoms with E-state index < -0.39 is 6.36 Å². The number of nitrogens with zero attached hydrogens (tertiary/aromatic N) is 1. The summed E-state index contributed by atoms with van der Waals surface area (Å²) < 4.78 is 57.5. The van der Waals surface area contributed by atoms with E-state index in [-0.39, 0.29) is 25.1 Å². The Morgan fingerprint density at radius 1 is 1.03 bits per heavy atom. The topological polar surface area (TPSA) is 94.7 Å². The molecule has 0 radical (unpaired) electrons. The van der Waals surface area contributed by atoms with Crippen LogP contribution in [-0.2, 0) is 6.61 Å². The number of carbonyl (C=O) groups is 1. The van der Waals surface area contributed by atoms with Crippen LogP contribution in [0, 0.1) is 0 Å². The van der Waals surface area contributed by atoms with E-state index in [1.807, 2.05) is 0 Å². The summed E-state index contributed by atoms with van der Waals surface area (Å²) in [5, 5.41) is 10.3. The third-order valence-electron chi connectivity index (χ3n) is 4.94. The van der Waals surface area contributed by atoms with Crippen LogP contribution in [0.15, 0.2) is 60.7 Å². The van der Waals surface area contributed by atoms with E-state index in [9.17, 15) is 18.0 Å². The number of rotatable bonds is 6. The third kappa shape index (κ3) is 4.68. The van der Waals surface area contributed by atoms with Gasteiger partial charge in [0.2, 0.25) is 6.79 Å². The van der Waals surface area contributed by atoms with Gasteiger partial charge >= 0.3 is 6.36 Å². The molecular weight excluding hydrogens is 455 g/mol. The molecule has 0 bridgehead atoms. The quantitative estimate of drug-likeness (QED) is 0.410. The fourth-order valence-electron chi connectivity index (χ4n) is 3.39. The molecule has 0 aliphatic carbocycles. The van der Waals surface area contributed by atoms with Crippen LogP contribution < -0.4 is 24.3 Å². The molecule has 1 aliphatic heterocycles. The Morgan fingerprint density at radius 2 is 1.88 bits per heavy atom. The molecule has 1 aliphatic rings. The van der Waals surface area contributed by atoms with E-state index in [0.717, 1.165) is 0 Å². The van der Waals surface area contributed by atoms with Crippen molar-refractivity contribution in [1.29, 1.82) is 0 Å². The number of benzene rings is 3. The van der Waals surface area contributed by atoms with Gasteiger partial charge in [0.25, 0.3) is 5.91 Å². The third-order valence-corrected chi connectivity index (χ3v) is 4.94. The molecule has 8 nitrogen and oxygen atoms in total. The Morgan fingerprint density at radius 3 is 2.74 bits per heavy atom. The van der Waals surface area contributed by atoms with Crippen molar-refractivity contribution in [2.45, 2.75) is 13.0 Å². The molecule has 0 spiro atoms. The van der Waals surface area contributed by atoms with Gasteiger partial charge in [0.1, 0.15) is 18.1 Å². The maximum absolute atomic E-state index is 12.7. The number of fused-ring (bicyclic) bond motifs is 2. The fourth-order valence-corrected chi connectivity index (χ4v) is 3.39. The van der Waals surface area contributed by atoms with Crippen LogP contribution in [0.4, 0.5) is 19.0 Å². The van der Waals surface area contributed by atoms with Crippen LogP contribution in [0.1, 0.15) is 15.9 Å². The molecule has 4 aromatic rings. The number of nitrogens with one attached hydrogen (secondary N) is 2. The van der Waals surface area contributed by atoms with Crippen molar-refractivity contribution in [3.63, 3.8) is 0 Å². The summed E-state index contributed by atoms with van der Waals surface area (Å²) in [6.07, 6.45) is -4.77. The molecule has 3 aromatic carbocycles. The molecule has 0 atom stereocenters. The molecule has 1 aromatic heterocycles. The Labute approximate surface area is 190 Å². The standard InChI is InChI=1S/C23H16F3N3O5/c24-23(25,26)34-16-3-1-2-13(8-16)11-31-15-5-6-18-17(10-15)21(29-28-18)27-22(30)14-4-7-19-20(9-14)33-12-32-19/h1-10H,11-12H2,(H2,27,28,29,30). The van der Waals surface area contributed by atoms with Crippen molar-refractivity contribution >= 4 is 22.6 Å². The molecule has 2 N–H and O–H groups in total. The highest BCUT2D eigenvalue weighted by molar-refractivity contribution is 6.08. The number of hydrogen-bond acceptors (Lipinski definition) is 6. The van der Waals surface area contributed by atoms with Crippen molar-refractivity contribution in [2.24, 2.45) is 0 Å². The lowest BCUT2D eigenvalue weighted by Gasteiger charge is -2.11. The second-order valence-corrected chi connectivity index (χ2v) is 7.29. The van der Waals surface area contributed by atoms with Crippen molar-refractivity contribution in [1.82, 2.24) is 10.2 Å². The summed E-state index contributed by atoms with van der Waals surface area (Å²) in [6, 6.07) is 15.5. The van der Waals surface area contributed by atoms with Crippen LogP contribution in [0.5, 0.6) is 23.0 Å². The lowest BCUT2D eigenvalue weighted by Crippen LogP contribution is -2.17. The second kappa shape index (κ2) is 8.50. The number of aromatic amines is 1. The average molecular weight is 471 g/mol. The molecule has 2 heterocycles. The van der Waals surface area contributed by atoms with Crippen LogP contribution >= 0.6 is 0 Å². The minimum Gasteiger partial charge on any atom is -0.489 e. The van der Waals surface area contributed by atoms with E-state index in [1.165, 1.54) is 18.2 Å². The molecule has 1 amide bonds. The zero-order valence-electron chi connectivity index (χ0n) is 17.3. The predicted octanol–water partition coefficient (Wildman–Crippen LogP) is 5.02. The van der Waals surface area contributed by atoms with Crippen molar-refractivity contribution in [3.05, 3.63) is 71.8 Å². The minimum absolute atomic E-state index is 0.0112. The summed E-state index contributed by atoms with van der Waals surface area (Å²) in [4.78, 5) is 12.7. The Hall–Kier alpha value is -4.41. The smallest absolute Gasteiger partial charge is 0.489 e. The summed E-state index contributed by atoms with van der Waals surface area (Å²) in [6.45, 7) is 0.115. The van der Waals surface area contributed by atoms with Gasteiger partial charge in [0.15, 0.2) is 17.3 Å².